The molecule has 1 aromatic carbocycles. The molecule has 2 heterocycles. The van der Waals surface area contributed by atoms with Gasteiger partial charge < -0.3 is 28.4 Å². The van der Waals surface area contributed by atoms with E-state index in [1.807, 2.05) is 38.1 Å². The number of carbonyl (C=O) groups excluding carboxylic acids is 1. The average molecular weight is 475 g/mol. The second-order valence-electron chi connectivity index (χ2n) is 9.34. The summed E-state index contributed by atoms with van der Waals surface area (Å²) in [6.07, 6.45) is 9.59. The first-order chi connectivity index (χ1) is 16.3. The Bertz CT molecular complexity index is 889. The van der Waals surface area contributed by atoms with E-state index in [1.54, 1.807) is 13.2 Å². The van der Waals surface area contributed by atoms with Crippen molar-refractivity contribution in [3.63, 3.8) is 0 Å². The van der Waals surface area contributed by atoms with Crippen LogP contribution in [-0.2, 0) is 18.9 Å². The van der Waals surface area contributed by atoms with Gasteiger partial charge in [0.2, 0.25) is 0 Å². The number of rotatable bonds is 6. The van der Waals surface area contributed by atoms with E-state index in [2.05, 4.69) is 19.9 Å². The Morgan fingerprint density at radius 3 is 2.62 bits per heavy atom. The van der Waals surface area contributed by atoms with E-state index in [9.17, 15) is 4.79 Å². The molecule has 0 radical (unpaired) electrons. The summed E-state index contributed by atoms with van der Waals surface area (Å²) < 4.78 is 34.7. The number of fused-ring (bicyclic) bond motifs is 2. The minimum atomic E-state index is -0.433. The standard InChI is InChI=1S/C27H38O7/c1-7-31-17-32-22-12-8-10-18(2)33-26(28)25-19(14-20(29-5)15-24(25)30-6)11-9-13-23-21(22)16-27(3,4)34-23/h8-9,11-12,14-15,18,21-23H,7,10,13,16-17H2,1-6H3/b11-9+,12-8-/t18-,21+,22?,23-/m0/s1. The molecular formula is C27H38O7. The highest BCUT2D eigenvalue weighted by Gasteiger charge is 2.43. The van der Waals surface area contributed by atoms with Crippen LogP contribution in [0.25, 0.3) is 6.08 Å². The molecule has 3 rings (SSSR count). The first-order valence-corrected chi connectivity index (χ1v) is 11.9. The van der Waals surface area contributed by atoms with Crippen LogP contribution in [0.4, 0.5) is 0 Å². The fraction of sp³-hybridized carbons (Fsp3) is 0.593. The maximum absolute atomic E-state index is 13.1. The lowest BCUT2D eigenvalue weighted by molar-refractivity contribution is -0.0966. The van der Waals surface area contributed by atoms with Gasteiger partial charge in [0.1, 0.15) is 30.0 Å². The lowest BCUT2D eigenvalue weighted by Gasteiger charge is -2.25. The van der Waals surface area contributed by atoms with Gasteiger partial charge in [-0.15, -0.1) is 0 Å². The first-order valence-electron chi connectivity index (χ1n) is 11.9. The molecule has 0 aromatic heterocycles. The molecule has 1 fully saturated rings. The van der Waals surface area contributed by atoms with Crippen molar-refractivity contribution < 1.29 is 33.2 Å². The number of hydrogen-bond donors (Lipinski definition) is 0. The maximum Gasteiger partial charge on any atom is 0.342 e. The second-order valence-corrected chi connectivity index (χ2v) is 9.34. The summed E-state index contributed by atoms with van der Waals surface area (Å²) in [6.45, 7) is 8.86. The first kappa shape index (κ1) is 26.3. The van der Waals surface area contributed by atoms with Gasteiger partial charge in [0.15, 0.2) is 0 Å². The quantitative estimate of drug-likeness (QED) is 0.244. The summed E-state index contributed by atoms with van der Waals surface area (Å²) in [4.78, 5) is 13.1. The molecule has 188 valence electrons. The lowest BCUT2D eigenvalue weighted by Crippen LogP contribution is -2.30. The van der Waals surface area contributed by atoms with E-state index >= 15 is 0 Å². The Balaban J connectivity index is 1.99. The van der Waals surface area contributed by atoms with E-state index in [0.717, 1.165) is 6.42 Å². The smallest absolute Gasteiger partial charge is 0.342 e. The molecular weight excluding hydrogens is 436 g/mol. The Hall–Kier alpha value is -2.35. The van der Waals surface area contributed by atoms with Crippen LogP contribution >= 0.6 is 0 Å². The molecule has 0 bridgehead atoms. The minimum Gasteiger partial charge on any atom is -0.497 e. The zero-order chi connectivity index (χ0) is 24.7. The zero-order valence-electron chi connectivity index (χ0n) is 21.2. The van der Waals surface area contributed by atoms with Gasteiger partial charge in [-0.1, -0.05) is 24.3 Å². The normalized spacial score (nSPS) is 28.7. The van der Waals surface area contributed by atoms with Crippen LogP contribution in [0.3, 0.4) is 0 Å². The van der Waals surface area contributed by atoms with Gasteiger partial charge in [0.05, 0.1) is 32.0 Å². The van der Waals surface area contributed by atoms with Gasteiger partial charge in [-0.25, -0.2) is 4.79 Å². The molecule has 1 aromatic rings. The zero-order valence-corrected chi connectivity index (χ0v) is 21.2. The highest BCUT2D eigenvalue weighted by Crippen LogP contribution is 2.40. The number of methoxy groups -OCH3 is 2. The van der Waals surface area contributed by atoms with Crippen molar-refractivity contribution in [2.75, 3.05) is 27.6 Å². The largest absolute Gasteiger partial charge is 0.497 e. The Morgan fingerprint density at radius 2 is 1.91 bits per heavy atom. The molecule has 2 aliphatic rings. The van der Waals surface area contributed by atoms with E-state index in [4.69, 9.17) is 28.4 Å². The van der Waals surface area contributed by atoms with Crippen LogP contribution < -0.4 is 9.47 Å². The van der Waals surface area contributed by atoms with E-state index in [1.165, 1.54) is 7.11 Å². The minimum absolute atomic E-state index is 0.0363. The monoisotopic (exact) mass is 474 g/mol. The summed E-state index contributed by atoms with van der Waals surface area (Å²) in [6, 6.07) is 3.51. The predicted octanol–water partition coefficient (Wildman–Crippen LogP) is 5.18. The summed E-state index contributed by atoms with van der Waals surface area (Å²) in [5.74, 6) is 0.749. The Kier molecular flexibility index (Phi) is 9.17. The number of ether oxygens (including phenoxy) is 6. The van der Waals surface area contributed by atoms with Crippen molar-refractivity contribution in [3.8, 4) is 11.5 Å². The average Bonchev–Trinajstić information content (AvgIpc) is 3.10. The number of hydrogen-bond acceptors (Lipinski definition) is 7. The lowest BCUT2D eigenvalue weighted by atomic mass is 9.87. The highest BCUT2D eigenvalue weighted by molar-refractivity contribution is 5.97. The fourth-order valence-corrected chi connectivity index (χ4v) is 4.59. The molecule has 4 atom stereocenters. The molecule has 1 unspecified atom stereocenters. The highest BCUT2D eigenvalue weighted by atomic mass is 16.7. The Morgan fingerprint density at radius 1 is 1.12 bits per heavy atom. The molecule has 34 heavy (non-hydrogen) atoms. The van der Waals surface area contributed by atoms with Gasteiger partial charge in [-0.2, -0.15) is 0 Å². The SMILES string of the molecule is CCOCOC1/C=C\C[C@H](C)OC(=O)c2c(cc(OC)cc2OC)/C=C/C[C@@H]2OC(C)(C)C[C@H]12. The summed E-state index contributed by atoms with van der Waals surface area (Å²) in [5, 5.41) is 0. The summed E-state index contributed by atoms with van der Waals surface area (Å²) in [7, 11) is 3.12. The van der Waals surface area contributed by atoms with Gasteiger partial charge in [0, 0.05) is 25.0 Å². The van der Waals surface area contributed by atoms with E-state index in [-0.39, 0.29) is 36.6 Å². The summed E-state index contributed by atoms with van der Waals surface area (Å²) in [5.41, 5.74) is 0.808. The van der Waals surface area contributed by atoms with Crippen molar-refractivity contribution in [2.24, 2.45) is 5.92 Å². The molecule has 2 aliphatic heterocycles. The second kappa shape index (κ2) is 11.9. The molecule has 7 nitrogen and oxygen atoms in total. The van der Waals surface area contributed by atoms with E-state index < -0.39 is 5.97 Å². The van der Waals surface area contributed by atoms with Crippen LogP contribution in [0.2, 0.25) is 0 Å². The maximum atomic E-state index is 13.1. The topological polar surface area (TPSA) is 72.5 Å². The van der Waals surface area contributed by atoms with Crippen LogP contribution in [0.5, 0.6) is 11.5 Å². The van der Waals surface area contributed by atoms with Crippen LogP contribution in [0.15, 0.2) is 30.4 Å². The van der Waals surface area contributed by atoms with Crippen molar-refractivity contribution >= 4 is 12.0 Å². The van der Waals surface area contributed by atoms with Crippen LogP contribution in [0.1, 0.15) is 62.9 Å². The molecule has 0 amide bonds. The summed E-state index contributed by atoms with van der Waals surface area (Å²) >= 11 is 0. The van der Waals surface area contributed by atoms with Gasteiger partial charge in [-0.3, -0.25) is 0 Å². The van der Waals surface area contributed by atoms with Gasteiger partial charge in [0.25, 0.3) is 0 Å². The number of cyclic esters (lactones) is 1. The number of carbonyl (C=O) groups is 1. The van der Waals surface area contributed by atoms with Crippen molar-refractivity contribution in [2.45, 2.75) is 70.9 Å². The molecule has 1 saturated heterocycles. The van der Waals surface area contributed by atoms with Crippen LogP contribution in [0, 0.1) is 5.92 Å². The van der Waals surface area contributed by atoms with Crippen LogP contribution in [-0.4, -0.2) is 57.5 Å². The Labute approximate surface area is 203 Å². The third kappa shape index (κ3) is 6.62. The number of esters is 1. The third-order valence-corrected chi connectivity index (χ3v) is 6.18. The fourth-order valence-electron chi connectivity index (χ4n) is 4.59. The van der Waals surface area contributed by atoms with E-state index in [0.29, 0.717) is 42.1 Å². The van der Waals surface area contributed by atoms with Crippen molar-refractivity contribution in [1.82, 2.24) is 0 Å². The molecule has 0 saturated carbocycles. The third-order valence-electron chi connectivity index (χ3n) is 6.18. The molecule has 0 aliphatic carbocycles. The van der Waals surface area contributed by atoms with Crippen molar-refractivity contribution in [1.29, 1.82) is 0 Å². The molecule has 0 spiro atoms. The van der Waals surface area contributed by atoms with Crippen molar-refractivity contribution in [3.05, 3.63) is 41.5 Å². The van der Waals surface area contributed by atoms with Gasteiger partial charge >= 0.3 is 5.97 Å². The molecule has 7 heteroatoms. The van der Waals surface area contributed by atoms with Gasteiger partial charge in [-0.05, 0) is 52.2 Å². The number of benzene rings is 1. The molecule has 0 N–H and O–H groups in total. The predicted molar refractivity (Wildman–Crippen MR) is 130 cm³/mol.